The third kappa shape index (κ3) is 3.53. The van der Waals surface area contributed by atoms with Crippen LogP contribution in [0.15, 0.2) is 18.2 Å². The molecule has 0 bridgehead atoms. The van der Waals surface area contributed by atoms with Crippen molar-refractivity contribution in [2.45, 2.75) is 13.0 Å². The van der Waals surface area contributed by atoms with Gasteiger partial charge in [0.25, 0.3) is 5.91 Å². The maximum absolute atomic E-state index is 12.1. The van der Waals surface area contributed by atoms with Crippen molar-refractivity contribution in [1.29, 1.82) is 0 Å². The molecule has 1 atom stereocenters. The maximum atomic E-state index is 12.1. The zero-order chi connectivity index (χ0) is 17.3. The highest BCUT2D eigenvalue weighted by Crippen LogP contribution is 2.31. The summed E-state index contributed by atoms with van der Waals surface area (Å²) in [6, 6.07) is 5.83. The lowest BCUT2D eigenvalue weighted by Gasteiger charge is -2.31. The van der Waals surface area contributed by atoms with Crippen LogP contribution in [0.3, 0.4) is 0 Å². The number of nitrogens with one attached hydrogen (secondary N) is 1. The van der Waals surface area contributed by atoms with E-state index in [1.165, 1.54) is 4.90 Å². The Hall–Kier alpha value is -1.70. The predicted octanol–water partition coefficient (Wildman–Crippen LogP) is 2.36. The van der Waals surface area contributed by atoms with Crippen LogP contribution in [-0.2, 0) is 0 Å². The average molecular weight is 366 g/mol. The van der Waals surface area contributed by atoms with E-state index < -0.39 is 0 Å². The standard InChI is InChI=1S/C16H20ClN5OS/c1-10-9-22(7-6-18-10)16-20-19-14(24-16)11-4-5-12(13(17)8-11)15(23)21(2)3/h4-5,8,10,18H,6-7,9H2,1-3H3. The number of benzene rings is 1. The van der Waals surface area contributed by atoms with Crippen LogP contribution in [-0.4, -0.2) is 60.8 Å². The molecule has 2 aromatic rings. The van der Waals surface area contributed by atoms with Crippen molar-refractivity contribution >= 4 is 34.0 Å². The summed E-state index contributed by atoms with van der Waals surface area (Å²) >= 11 is 7.83. The summed E-state index contributed by atoms with van der Waals surface area (Å²) in [4.78, 5) is 15.8. The van der Waals surface area contributed by atoms with Crippen LogP contribution in [0.25, 0.3) is 10.6 Å². The van der Waals surface area contributed by atoms with Crippen LogP contribution in [0.4, 0.5) is 5.13 Å². The van der Waals surface area contributed by atoms with Gasteiger partial charge in [0.05, 0.1) is 10.6 Å². The first-order valence-electron chi connectivity index (χ1n) is 7.79. The molecule has 0 radical (unpaired) electrons. The summed E-state index contributed by atoms with van der Waals surface area (Å²) in [5.74, 6) is -0.112. The molecule has 3 rings (SSSR count). The number of rotatable bonds is 3. The van der Waals surface area contributed by atoms with Crippen LogP contribution in [0.1, 0.15) is 17.3 Å². The van der Waals surface area contributed by atoms with Crippen LogP contribution < -0.4 is 10.2 Å². The average Bonchev–Trinajstić information content (AvgIpc) is 3.04. The number of amides is 1. The van der Waals surface area contributed by atoms with Crippen LogP contribution in [0.5, 0.6) is 0 Å². The number of piperazine rings is 1. The van der Waals surface area contributed by atoms with E-state index >= 15 is 0 Å². The minimum absolute atomic E-state index is 0.112. The van der Waals surface area contributed by atoms with Crippen molar-refractivity contribution in [1.82, 2.24) is 20.4 Å². The molecule has 1 aromatic carbocycles. The van der Waals surface area contributed by atoms with Gasteiger partial charge in [-0.05, 0) is 19.1 Å². The highest BCUT2D eigenvalue weighted by molar-refractivity contribution is 7.18. The fourth-order valence-electron chi connectivity index (χ4n) is 2.63. The van der Waals surface area contributed by atoms with Gasteiger partial charge in [-0.15, -0.1) is 10.2 Å². The summed E-state index contributed by atoms with van der Waals surface area (Å²) in [5.41, 5.74) is 1.37. The summed E-state index contributed by atoms with van der Waals surface area (Å²) < 4.78 is 0. The molecule has 8 heteroatoms. The minimum atomic E-state index is -0.112. The maximum Gasteiger partial charge on any atom is 0.254 e. The Labute approximate surface area is 150 Å². The van der Waals surface area contributed by atoms with E-state index in [0.29, 0.717) is 16.6 Å². The first kappa shape index (κ1) is 17.1. The molecule has 128 valence electrons. The number of nitrogens with zero attached hydrogens (tertiary/aromatic N) is 4. The van der Waals surface area contributed by atoms with Gasteiger partial charge in [-0.1, -0.05) is 29.0 Å². The highest BCUT2D eigenvalue weighted by Gasteiger charge is 2.20. The van der Waals surface area contributed by atoms with E-state index in [1.807, 2.05) is 6.07 Å². The van der Waals surface area contributed by atoms with Gasteiger partial charge in [-0.2, -0.15) is 0 Å². The van der Waals surface area contributed by atoms with Gasteiger partial charge in [0.2, 0.25) is 5.13 Å². The normalized spacial score (nSPS) is 17.8. The molecule has 1 aliphatic heterocycles. The second kappa shape index (κ2) is 7.04. The quantitative estimate of drug-likeness (QED) is 0.904. The number of halogens is 1. The molecule has 1 fully saturated rings. The Morgan fingerprint density at radius 3 is 2.88 bits per heavy atom. The SMILES string of the molecule is CC1CN(c2nnc(-c3ccc(C(=O)N(C)C)c(Cl)c3)s2)CCN1. The molecule has 1 N–H and O–H groups in total. The van der Waals surface area contributed by atoms with Crippen molar-refractivity contribution in [2.75, 3.05) is 38.6 Å². The Morgan fingerprint density at radius 2 is 2.21 bits per heavy atom. The number of aromatic nitrogens is 2. The molecule has 0 saturated carbocycles. The van der Waals surface area contributed by atoms with Gasteiger partial charge in [0.15, 0.2) is 0 Å². The molecule has 0 aliphatic carbocycles. The lowest BCUT2D eigenvalue weighted by molar-refractivity contribution is 0.0828. The lowest BCUT2D eigenvalue weighted by atomic mass is 10.1. The minimum Gasteiger partial charge on any atom is -0.345 e. The molecule has 6 nitrogen and oxygen atoms in total. The molecule has 1 aromatic heterocycles. The fourth-order valence-corrected chi connectivity index (χ4v) is 3.77. The van der Waals surface area contributed by atoms with Crippen molar-refractivity contribution < 1.29 is 4.79 Å². The molecular formula is C16H20ClN5OS. The molecule has 1 unspecified atom stereocenters. The zero-order valence-corrected chi connectivity index (χ0v) is 15.5. The molecule has 0 spiro atoms. The van der Waals surface area contributed by atoms with E-state index in [9.17, 15) is 4.79 Å². The lowest BCUT2D eigenvalue weighted by Crippen LogP contribution is -2.49. The van der Waals surface area contributed by atoms with Gasteiger partial charge < -0.3 is 15.1 Å². The summed E-state index contributed by atoms with van der Waals surface area (Å²) in [7, 11) is 3.41. The van der Waals surface area contributed by atoms with Gasteiger partial charge >= 0.3 is 0 Å². The van der Waals surface area contributed by atoms with Gasteiger partial charge in [-0.3, -0.25) is 4.79 Å². The zero-order valence-electron chi connectivity index (χ0n) is 13.9. The predicted molar refractivity (Wildman–Crippen MR) is 98.1 cm³/mol. The molecule has 2 heterocycles. The second-order valence-electron chi connectivity index (χ2n) is 6.09. The number of anilines is 1. The summed E-state index contributed by atoms with van der Waals surface area (Å²) in [5, 5.41) is 14.2. The van der Waals surface area contributed by atoms with Gasteiger partial charge in [0.1, 0.15) is 5.01 Å². The van der Waals surface area contributed by atoms with E-state index in [4.69, 9.17) is 11.6 Å². The fraction of sp³-hybridized carbons (Fsp3) is 0.438. The van der Waals surface area contributed by atoms with E-state index in [2.05, 4.69) is 27.3 Å². The van der Waals surface area contributed by atoms with E-state index in [0.717, 1.165) is 35.3 Å². The van der Waals surface area contributed by atoms with Crippen LogP contribution in [0.2, 0.25) is 5.02 Å². The third-order valence-electron chi connectivity index (χ3n) is 3.91. The summed E-state index contributed by atoms with van der Waals surface area (Å²) in [6.45, 7) is 4.96. The number of hydrogen-bond donors (Lipinski definition) is 1. The van der Waals surface area contributed by atoms with E-state index in [1.54, 1.807) is 37.6 Å². The monoisotopic (exact) mass is 365 g/mol. The smallest absolute Gasteiger partial charge is 0.254 e. The first-order chi connectivity index (χ1) is 11.5. The third-order valence-corrected chi connectivity index (χ3v) is 5.25. The van der Waals surface area contributed by atoms with Crippen molar-refractivity contribution in [3.05, 3.63) is 28.8 Å². The molecular weight excluding hydrogens is 346 g/mol. The van der Waals surface area contributed by atoms with Gasteiger partial charge in [-0.25, -0.2) is 0 Å². The van der Waals surface area contributed by atoms with Crippen molar-refractivity contribution in [3.63, 3.8) is 0 Å². The van der Waals surface area contributed by atoms with Gasteiger partial charge in [0, 0.05) is 45.3 Å². The van der Waals surface area contributed by atoms with Crippen molar-refractivity contribution in [2.24, 2.45) is 0 Å². The van der Waals surface area contributed by atoms with Crippen LogP contribution in [0, 0.1) is 0 Å². The Morgan fingerprint density at radius 1 is 1.42 bits per heavy atom. The largest absolute Gasteiger partial charge is 0.345 e. The Balaban J connectivity index is 1.82. The Bertz CT molecular complexity index is 748. The molecule has 1 saturated heterocycles. The number of carbonyl (C=O) groups is 1. The molecule has 1 amide bonds. The number of hydrogen-bond acceptors (Lipinski definition) is 6. The topological polar surface area (TPSA) is 61.4 Å². The van der Waals surface area contributed by atoms with Crippen molar-refractivity contribution in [3.8, 4) is 10.6 Å². The first-order valence-corrected chi connectivity index (χ1v) is 8.98. The highest BCUT2D eigenvalue weighted by atomic mass is 35.5. The molecule has 1 aliphatic rings. The Kier molecular flexibility index (Phi) is 5.03. The van der Waals surface area contributed by atoms with Crippen LogP contribution >= 0.6 is 22.9 Å². The number of carbonyl (C=O) groups excluding carboxylic acids is 1. The van der Waals surface area contributed by atoms with E-state index in [-0.39, 0.29) is 5.91 Å². The molecule has 24 heavy (non-hydrogen) atoms. The second-order valence-corrected chi connectivity index (χ2v) is 7.45. The summed E-state index contributed by atoms with van der Waals surface area (Å²) in [6.07, 6.45) is 0.